The quantitative estimate of drug-likeness (QED) is 0.734. The van der Waals surface area contributed by atoms with Crippen molar-refractivity contribution in [2.45, 2.75) is 19.3 Å². The van der Waals surface area contributed by atoms with Crippen LogP contribution in [0.2, 0.25) is 0 Å². The van der Waals surface area contributed by atoms with E-state index in [1.165, 1.54) is 5.57 Å². The van der Waals surface area contributed by atoms with Crippen LogP contribution in [0.1, 0.15) is 18.7 Å². The molecular weight excluding hydrogens is 316 g/mol. The summed E-state index contributed by atoms with van der Waals surface area (Å²) in [4.78, 5) is 0. The fraction of sp³-hybridized carbons (Fsp3) is 0.333. The summed E-state index contributed by atoms with van der Waals surface area (Å²) < 4.78 is 9.09. The van der Waals surface area contributed by atoms with E-state index in [1.54, 1.807) is 4.68 Å². The molecule has 7 heteroatoms. The highest BCUT2D eigenvalue weighted by Gasteiger charge is 2.11. The van der Waals surface area contributed by atoms with E-state index in [2.05, 4.69) is 33.5 Å². The first-order valence-electron chi connectivity index (χ1n) is 8.43. The van der Waals surface area contributed by atoms with Crippen molar-refractivity contribution in [1.29, 1.82) is 0 Å². The lowest BCUT2D eigenvalue weighted by Gasteiger charge is -2.03. The van der Waals surface area contributed by atoms with Gasteiger partial charge >= 0.3 is 0 Å². The van der Waals surface area contributed by atoms with Crippen LogP contribution in [0.5, 0.6) is 0 Å². The van der Waals surface area contributed by atoms with E-state index >= 15 is 0 Å². The summed E-state index contributed by atoms with van der Waals surface area (Å²) in [6.45, 7) is 1.46. The second-order valence-corrected chi connectivity index (χ2v) is 6.08. The lowest BCUT2D eigenvalue weighted by atomic mass is 10.1. The zero-order chi connectivity index (χ0) is 17.1. The van der Waals surface area contributed by atoms with Crippen molar-refractivity contribution in [2.75, 3.05) is 13.2 Å². The van der Waals surface area contributed by atoms with E-state index < -0.39 is 0 Å². The molecule has 128 valence electrons. The average molecular weight is 336 g/mol. The predicted octanol–water partition coefficient (Wildman–Crippen LogP) is 2.36. The van der Waals surface area contributed by atoms with Gasteiger partial charge in [-0.05, 0) is 30.5 Å². The molecule has 1 aliphatic heterocycles. The monoisotopic (exact) mass is 336 g/mol. The minimum Gasteiger partial charge on any atom is -0.377 e. The summed E-state index contributed by atoms with van der Waals surface area (Å²) in [6.07, 6.45) is 12.9. The molecule has 0 aromatic carbocycles. The average Bonchev–Trinajstić information content (AvgIpc) is 3.24. The van der Waals surface area contributed by atoms with E-state index in [-0.39, 0.29) is 0 Å². The smallest absolute Gasteiger partial charge is 0.177 e. The summed E-state index contributed by atoms with van der Waals surface area (Å²) in [5, 5.41) is 17.5. The van der Waals surface area contributed by atoms with Gasteiger partial charge in [0.2, 0.25) is 0 Å². The molecule has 0 amide bonds. The standard InChI is InChI=1S/C18H20N6O/c1-23-13-15(12-19-23)16-7-8-17-20-21-18(24(17)22-16)11-14-5-2-3-9-25-10-4-6-14/h4-8,12-13H,2-3,9-11H2,1H3/b6-4-,14-5+. The van der Waals surface area contributed by atoms with Crippen LogP contribution in [0, 0.1) is 0 Å². The van der Waals surface area contributed by atoms with Gasteiger partial charge in [-0.1, -0.05) is 18.2 Å². The van der Waals surface area contributed by atoms with Crippen molar-refractivity contribution in [3.63, 3.8) is 0 Å². The van der Waals surface area contributed by atoms with Gasteiger partial charge in [0, 0.05) is 31.8 Å². The molecule has 4 rings (SSSR count). The van der Waals surface area contributed by atoms with Gasteiger partial charge in [-0.15, -0.1) is 10.2 Å². The summed E-state index contributed by atoms with van der Waals surface area (Å²) in [6, 6.07) is 3.88. The van der Waals surface area contributed by atoms with Crippen LogP contribution < -0.4 is 0 Å². The Kier molecular flexibility index (Phi) is 4.39. The lowest BCUT2D eigenvalue weighted by molar-refractivity contribution is 0.160. The molecule has 0 fully saturated rings. The Bertz CT molecular complexity index is 936. The van der Waals surface area contributed by atoms with Gasteiger partial charge in [-0.2, -0.15) is 14.7 Å². The Morgan fingerprint density at radius 3 is 3.08 bits per heavy atom. The Labute approximate surface area is 145 Å². The highest BCUT2D eigenvalue weighted by molar-refractivity contribution is 5.58. The summed E-state index contributed by atoms with van der Waals surface area (Å²) in [7, 11) is 1.89. The van der Waals surface area contributed by atoms with E-state index in [1.807, 2.05) is 36.1 Å². The molecule has 0 radical (unpaired) electrons. The minimum absolute atomic E-state index is 0.654. The van der Waals surface area contributed by atoms with Crippen LogP contribution in [0.15, 0.2) is 48.3 Å². The topological polar surface area (TPSA) is 70.1 Å². The molecule has 7 nitrogen and oxygen atoms in total. The molecule has 4 heterocycles. The van der Waals surface area contributed by atoms with Gasteiger partial charge in [-0.25, -0.2) is 0 Å². The molecule has 3 aromatic heterocycles. The molecule has 25 heavy (non-hydrogen) atoms. The predicted molar refractivity (Wildman–Crippen MR) is 94.0 cm³/mol. The zero-order valence-electron chi connectivity index (χ0n) is 14.2. The van der Waals surface area contributed by atoms with E-state index in [0.717, 1.165) is 42.2 Å². The number of hydrogen-bond donors (Lipinski definition) is 0. The number of aryl methyl sites for hydroxylation is 1. The van der Waals surface area contributed by atoms with Crippen LogP contribution in [0.25, 0.3) is 16.9 Å². The Morgan fingerprint density at radius 1 is 1.24 bits per heavy atom. The summed E-state index contributed by atoms with van der Waals surface area (Å²) >= 11 is 0. The maximum Gasteiger partial charge on any atom is 0.177 e. The third kappa shape index (κ3) is 3.51. The summed E-state index contributed by atoms with van der Waals surface area (Å²) in [5.41, 5.74) is 3.80. The fourth-order valence-corrected chi connectivity index (χ4v) is 2.86. The maximum atomic E-state index is 5.50. The first-order chi connectivity index (χ1) is 12.3. The van der Waals surface area contributed by atoms with Crippen molar-refractivity contribution < 1.29 is 4.74 Å². The molecule has 1 aliphatic rings. The number of hydrogen-bond acceptors (Lipinski definition) is 5. The number of aromatic nitrogens is 6. The van der Waals surface area contributed by atoms with Gasteiger partial charge < -0.3 is 4.74 Å². The SMILES string of the molecule is Cn1cc(-c2ccc3nnc(CC4=C/CCCOC/C=C\4)n3n2)cn1. The number of rotatable bonds is 3. The Morgan fingerprint density at radius 2 is 2.20 bits per heavy atom. The second kappa shape index (κ2) is 6.98. The zero-order valence-corrected chi connectivity index (χ0v) is 14.2. The second-order valence-electron chi connectivity index (χ2n) is 6.08. The number of allylic oxidation sites excluding steroid dienone is 3. The van der Waals surface area contributed by atoms with Gasteiger partial charge in [0.25, 0.3) is 0 Å². The first kappa shape index (κ1) is 15.7. The molecular formula is C18H20N6O. The van der Waals surface area contributed by atoms with Gasteiger partial charge in [0.15, 0.2) is 11.5 Å². The van der Waals surface area contributed by atoms with Gasteiger partial charge in [-0.3, -0.25) is 4.68 Å². The van der Waals surface area contributed by atoms with Gasteiger partial charge in [0.1, 0.15) is 0 Å². The molecule has 0 saturated carbocycles. The highest BCUT2D eigenvalue weighted by atomic mass is 16.5. The lowest BCUT2D eigenvalue weighted by Crippen LogP contribution is -2.01. The molecule has 0 aliphatic carbocycles. The van der Waals surface area contributed by atoms with Crippen LogP contribution in [0.4, 0.5) is 0 Å². The molecule has 0 N–H and O–H groups in total. The highest BCUT2D eigenvalue weighted by Crippen LogP contribution is 2.17. The number of nitrogens with zero attached hydrogens (tertiary/aromatic N) is 6. The van der Waals surface area contributed by atoms with E-state index in [0.29, 0.717) is 13.0 Å². The number of fused-ring (bicyclic) bond motifs is 1. The van der Waals surface area contributed by atoms with Crippen molar-refractivity contribution >= 4 is 5.65 Å². The van der Waals surface area contributed by atoms with Crippen LogP contribution in [-0.4, -0.2) is 42.8 Å². The molecule has 0 bridgehead atoms. The van der Waals surface area contributed by atoms with Gasteiger partial charge in [0.05, 0.1) is 18.5 Å². The Hall–Kier alpha value is -2.80. The van der Waals surface area contributed by atoms with Crippen LogP contribution in [0.3, 0.4) is 0 Å². The maximum absolute atomic E-state index is 5.50. The molecule has 0 atom stereocenters. The van der Waals surface area contributed by atoms with Crippen molar-refractivity contribution in [3.8, 4) is 11.3 Å². The Balaban J connectivity index is 1.66. The molecule has 3 aromatic rings. The largest absolute Gasteiger partial charge is 0.377 e. The normalized spacial score (nSPS) is 19.0. The number of ether oxygens (including phenoxy) is 1. The fourth-order valence-electron chi connectivity index (χ4n) is 2.86. The van der Waals surface area contributed by atoms with E-state index in [4.69, 9.17) is 9.84 Å². The minimum atomic E-state index is 0.654. The molecule has 0 unspecified atom stereocenters. The van der Waals surface area contributed by atoms with Crippen molar-refractivity contribution in [2.24, 2.45) is 7.05 Å². The first-order valence-corrected chi connectivity index (χ1v) is 8.43. The van der Waals surface area contributed by atoms with Crippen molar-refractivity contribution in [3.05, 3.63) is 54.2 Å². The third-order valence-electron chi connectivity index (χ3n) is 4.14. The molecule has 0 spiro atoms. The summed E-state index contributed by atoms with van der Waals surface area (Å²) in [5.74, 6) is 0.830. The van der Waals surface area contributed by atoms with Crippen molar-refractivity contribution in [1.82, 2.24) is 29.6 Å². The third-order valence-corrected chi connectivity index (χ3v) is 4.14. The molecule has 0 saturated heterocycles. The van der Waals surface area contributed by atoms with Crippen LogP contribution >= 0.6 is 0 Å². The van der Waals surface area contributed by atoms with E-state index in [9.17, 15) is 0 Å². The van der Waals surface area contributed by atoms with Crippen LogP contribution in [-0.2, 0) is 18.2 Å².